The van der Waals surface area contributed by atoms with Crippen LogP contribution in [-0.2, 0) is 47.5 Å². The van der Waals surface area contributed by atoms with E-state index >= 15 is 0 Å². The van der Waals surface area contributed by atoms with Crippen molar-refractivity contribution in [2.45, 2.75) is 51.3 Å². The van der Waals surface area contributed by atoms with Gasteiger partial charge < -0.3 is 26.1 Å². The number of aryl methyl sites for hydroxylation is 2. The number of benzene rings is 1. The van der Waals surface area contributed by atoms with Crippen molar-refractivity contribution in [3.63, 3.8) is 0 Å². The number of carboxylic acids is 1. The Morgan fingerprint density at radius 2 is 1.91 bits per heavy atom. The molecule has 3 aromatic rings. The van der Waals surface area contributed by atoms with E-state index < -0.39 is 63.9 Å². The predicted molar refractivity (Wildman–Crippen MR) is 167 cm³/mol. The van der Waals surface area contributed by atoms with Gasteiger partial charge in [0.05, 0.1) is 29.8 Å². The Morgan fingerprint density at radius 1 is 1.23 bits per heavy atom. The maximum atomic E-state index is 13.4. The van der Waals surface area contributed by atoms with Gasteiger partial charge in [-0.25, -0.2) is 9.78 Å². The van der Waals surface area contributed by atoms with Gasteiger partial charge in [0, 0.05) is 11.8 Å². The molecule has 6 N–H and O–H groups in total. The quantitative estimate of drug-likeness (QED) is 0.0537. The molecule has 1 aliphatic rings. The van der Waals surface area contributed by atoms with E-state index in [0.717, 1.165) is 35.4 Å². The zero-order chi connectivity index (χ0) is 34.7. The van der Waals surface area contributed by atoms with Crippen LogP contribution in [0.1, 0.15) is 39.3 Å². The summed E-state index contributed by atoms with van der Waals surface area (Å²) in [7, 11) is -3.06. The van der Waals surface area contributed by atoms with Crippen molar-refractivity contribution < 1.29 is 51.0 Å². The molecule has 19 heteroatoms. The number of carbonyl (C=O) groups is 3. The van der Waals surface area contributed by atoms with E-state index in [2.05, 4.69) is 14.4 Å². The first kappa shape index (κ1) is 35.4. The van der Waals surface area contributed by atoms with Crippen molar-refractivity contribution in [1.82, 2.24) is 14.7 Å². The topological polar surface area (TPSA) is 243 Å². The summed E-state index contributed by atoms with van der Waals surface area (Å²) in [5, 5.41) is 15.8. The number of hydroxylamine groups is 2. The van der Waals surface area contributed by atoms with Crippen LogP contribution >= 0.6 is 11.3 Å². The molecule has 0 aliphatic carbocycles. The van der Waals surface area contributed by atoms with Crippen LogP contribution in [0.2, 0.25) is 0 Å². The predicted octanol–water partition coefficient (Wildman–Crippen LogP) is 0.941. The summed E-state index contributed by atoms with van der Waals surface area (Å²) in [4.78, 5) is 47.8. The zero-order valence-electron chi connectivity index (χ0n) is 26.0. The lowest BCUT2D eigenvalue weighted by atomic mass is 9.74. The maximum absolute atomic E-state index is 13.4. The lowest BCUT2D eigenvalue weighted by molar-refractivity contribution is -0.753. The van der Waals surface area contributed by atoms with Gasteiger partial charge in [0.25, 0.3) is 11.5 Å². The Hall–Kier alpha value is -4.43. The number of Topliss-reactive ketones (excluding diaryl/α,β-unsaturated/α-hetero) is 1. The SMILES string of the molecule is C[n+]1cc(-c2ccc(OC[C@](C)(O/N=C(\C(=O)C[C@@H]3C(=O)N(OS(=O)(=O)O)C3(C)C)c3csc(N)n3)C(=O)O)cc2)cn1CCCN. The molecule has 0 saturated carbocycles. The van der Waals surface area contributed by atoms with E-state index in [-0.39, 0.29) is 10.8 Å². The minimum Gasteiger partial charge on any atom is -0.489 e. The molecule has 3 heterocycles. The first-order chi connectivity index (χ1) is 21.9. The third-order valence-electron chi connectivity index (χ3n) is 7.56. The number of amides is 1. The molecule has 0 radical (unpaired) electrons. The second-order valence-corrected chi connectivity index (χ2v) is 13.4. The van der Waals surface area contributed by atoms with Crippen molar-refractivity contribution >= 4 is 50.2 Å². The number of carbonyl (C=O) groups excluding carboxylic acids is 2. The van der Waals surface area contributed by atoms with E-state index in [1.807, 2.05) is 40.9 Å². The molecular formula is C28H36N7O10S2+. The van der Waals surface area contributed by atoms with E-state index in [9.17, 15) is 27.9 Å². The molecular weight excluding hydrogens is 658 g/mol. The molecule has 1 aromatic carbocycles. The number of rotatable bonds is 16. The Bertz CT molecular complexity index is 1790. The number of ether oxygens (including phenoxy) is 1. The van der Waals surface area contributed by atoms with Crippen molar-refractivity contribution in [2.75, 3.05) is 18.9 Å². The van der Waals surface area contributed by atoms with Gasteiger partial charge >= 0.3 is 16.4 Å². The summed E-state index contributed by atoms with van der Waals surface area (Å²) in [5.74, 6) is -3.83. The van der Waals surface area contributed by atoms with Crippen molar-refractivity contribution in [1.29, 1.82) is 0 Å². The smallest absolute Gasteiger partial charge is 0.418 e. The summed E-state index contributed by atoms with van der Waals surface area (Å²) < 4.78 is 45.3. The van der Waals surface area contributed by atoms with Crippen molar-refractivity contribution in [3.05, 3.63) is 47.7 Å². The average molecular weight is 695 g/mol. The van der Waals surface area contributed by atoms with Crippen LogP contribution < -0.4 is 20.9 Å². The number of aromatic nitrogens is 3. The van der Waals surface area contributed by atoms with Crippen LogP contribution in [0.25, 0.3) is 11.1 Å². The van der Waals surface area contributed by atoms with Gasteiger partial charge in [-0.2, -0.15) is 18.2 Å². The van der Waals surface area contributed by atoms with Gasteiger partial charge in [-0.15, -0.1) is 20.3 Å². The standard InChI is InChI=1S/C28H35N7O10S2/c1-27(2)20(24(37)35(27)45-47(40,41)42)12-22(36)23(21-15-46-26(30)31-21)32-44-28(3,25(38)39)16-43-19-8-6-17(7-9-19)18-13-33(4)34(14-18)11-5-10-29/h6-9,13-15,20H,5,10-12,16,29H2,1-4H3,(H3-,30,31,38,39,40,41,42)/p+1/b32-23-/t20-,28+/m1/s1. The minimum atomic E-state index is -4.99. The molecule has 4 rings (SSSR count). The van der Waals surface area contributed by atoms with Gasteiger partial charge in [0.1, 0.15) is 18.1 Å². The molecule has 1 amide bonds. The molecule has 1 saturated heterocycles. The van der Waals surface area contributed by atoms with Crippen LogP contribution in [0.4, 0.5) is 5.13 Å². The highest BCUT2D eigenvalue weighted by molar-refractivity contribution is 7.80. The van der Waals surface area contributed by atoms with E-state index in [1.165, 1.54) is 26.2 Å². The van der Waals surface area contributed by atoms with E-state index in [1.54, 1.807) is 12.1 Å². The second kappa shape index (κ2) is 13.7. The molecule has 2 aromatic heterocycles. The lowest BCUT2D eigenvalue weighted by Crippen LogP contribution is -2.68. The van der Waals surface area contributed by atoms with Crippen LogP contribution in [0, 0.1) is 5.92 Å². The fraction of sp³-hybridized carbons (Fsp3) is 0.429. The summed E-state index contributed by atoms with van der Waals surface area (Å²) in [5.41, 5.74) is 9.40. The fourth-order valence-corrected chi connectivity index (χ4v) is 5.71. The Morgan fingerprint density at radius 3 is 2.47 bits per heavy atom. The molecule has 0 spiro atoms. The van der Waals surface area contributed by atoms with Gasteiger partial charge in [-0.1, -0.05) is 17.3 Å². The Labute approximate surface area is 274 Å². The number of nitrogen functional groups attached to an aromatic ring is 1. The fourth-order valence-electron chi connectivity index (χ4n) is 4.71. The third kappa shape index (κ3) is 8.11. The molecule has 2 atom stereocenters. The molecule has 17 nitrogen and oxygen atoms in total. The number of aliphatic carboxylic acids is 1. The average Bonchev–Trinajstić information content (AvgIpc) is 3.60. The number of nitrogens with two attached hydrogens (primary N) is 2. The Kier molecular flexibility index (Phi) is 10.4. The molecule has 47 heavy (non-hydrogen) atoms. The number of thiazole rings is 1. The van der Waals surface area contributed by atoms with E-state index in [0.29, 0.717) is 17.4 Å². The van der Waals surface area contributed by atoms with E-state index in [4.69, 9.17) is 25.6 Å². The highest BCUT2D eigenvalue weighted by Gasteiger charge is 2.57. The number of hydrogen-bond acceptors (Lipinski definition) is 13. The monoisotopic (exact) mass is 694 g/mol. The van der Waals surface area contributed by atoms with Crippen LogP contribution in [0.3, 0.4) is 0 Å². The summed E-state index contributed by atoms with van der Waals surface area (Å²) in [6.45, 7) is 4.91. The largest absolute Gasteiger partial charge is 0.489 e. The lowest BCUT2D eigenvalue weighted by Gasteiger charge is -2.50. The van der Waals surface area contributed by atoms with Crippen LogP contribution in [0.5, 0.6) is 5.75 Å². The van der Waals surface area contributed by atoms with Gasteiger partial charge in [0.2, 0.25) is 6.20 Å². The number of oxime groups is 1. The number of anilines is 1. The summed E-state index contributed by atoms with van der Waals surface area (Å²) >= 11 is 0.988. The highest BCUT2D eigenvalue weighted by atomic mass is 32.3. The minimum absolute atomic E-state index is 0.0253. The normalized spacial score (nSPS) is 17.6. The molecule has 1 aliphatic heterocycles. The van der Waals surface area contributed by atoms with Crippen LogP contribution in [0.15, 0.2) is 47.2 Å². The molecule has 0 bridgehead atoms. The van der Waals surface area contributed by atoms with Crippen molar-refractivity contribution in [3.8, 4) is 16.9 Å². The first-order valence-electron chi connectivity index (χ1n) is 14.2. The van der Waals surface area contributed by atoms with Crippen molar-refractivity contribution in [2.24, 2.45) is 23.9 Å². The number of carboxylic acid groups (broad SMARTS) is 1. The van der Waals surface area contributed by atoms with Gasteiger partial charge in [0.15, 0.2) is 23.7 Å². The van der Waals surface area contributed by atoms with Gasteiger partial charge in [-0.05, 0) is 51.4 Å². The number of β-lactam (4-membered cyclic amide) rings is 1. The summed E-state index contributed by atoms with van der Waals surface area (Å²) in [6.07, 6.45) is 4.30. The zero-order valence-corrected chi connectivity index (χ0v) is 27.7. The molecule has 0 unspecified atom stereocenters. The third-order valence-corrected chi connectivity index (χ3v) is 8.58. The van der Waals surface area contributed by atoms with Gasteiger partial charge in [-0.3, -0.25) is 14.1 Å². The first-order valence-corrected chi connectivity index (χ1v) is 16.4. The highest BCUT2D eigenvalue weighted by Crippen LogP contribution is 2.40. The number of nitrogens with zero attached hydrogens (tertiary/aromatic N) is 5. The number of hydrogen-bond donors (Lipinski definition) is 4. The second-order valence-electron chi connectivity index (χ2n) is 11.5. The Balaban J connectivity index is 1.49. The summed E-state index contributed by atoms with van der Waals surface area (Å²) in [6, 6.07) is 7.00. The maximum Gasteiger partial charge on any atom is 0.418 e. The van der Waals surface area contributed by atoms with Crippen LogP contribution in [-0.4, -0.2) is 80.5 Å². The number of ketones is 1. The molecule has 1 fully saturated rings. The molecule has 254 valence electrons.